The summed E-state index contributed by atoms with van der Waals surface area (Å²) < 4.78 is 18.6. The zero-order valence-electron chi connectivity index (χ0n) is 18.9. The number of ether oxygens (including phenoxy) is 1. The number of morpholine rings is 1. The topological polar surface area (TPSA) is 82.7 Å². The standard InChI is InChI=1S/C26H27FN4O3/c1-18-2-4-19(5-3-18)17-28-25(32)20-6-11-24(31-12-14-34-15-13-31)23(16-20)30-26(33)29-22-9-7-21(27)8-10-22/h2-11,16H,12-15,17H2,1H3,(H,28,32)(H2,29,30,33). The van der Waals surface area contributed by atoms with Crippen LogP contribution < -0.4 is 20.9 Å². The molecule has 7 nitrogen and oxygen atoms in total. The van der Waals surface area contributed by atoms with Crippen molar-refractivity contribution in [3.63, 3.8) is 0 Å². The second kappa shape index (κ2) is 10.8. The number of anilines is 3. The van der Waals surface area contributed by atoms with Crippen LogP contribution in [-0.4, -0.2) is 38.2 Å². The molecule has 8 heteroatoms. The molecule has 1 aliphatic heterocycles. The molecule has 34 heavy (non-hydrogen) atoms. The lowest BCUT2D eigenvalue weighted by molar-refractivity contribution is 0.0951. The van der Waals surface area contributed by atoms with Gasteiger partial charge in [0.15, 0.2) is 0 Å². The number of nitrogens with zero attached hydrogens (tertiary/aromatic N) is 1. The van der Waals surface area contributed by atoms with Crippen LogP contribution in [0, 0.1) is 12.7 Å². The van der Waals surface area contributed by atoms with Crippen LogP contribution in [0.3, 0.4) is 0 Å². The normalized spacial score (nSPS) is 13.3. The summed E-state index contributed by atoms with van der Waals surface area (Å²) >= 11 is 0. The second-order valence-electron chi connectivity index (χ2n) is 8.09. The van der Waals surface area contributed by atoms with E-state index in [4.69, 9.17) is 4.74 Å². The predicted molar refractivity (Wildman–Crippen MR) is 131 cm³/mol. The molecule has 176 valence electrons. The molecule has 4 rings (SSSR count). The molecule has 0 radical (unpaired) electrons. The lowest BCUT2D eigenvalue weighted by atomic mass is 10.1. The largest absolute Gasteiger partial charge is 0.378 e. The van der Waals surface area contributed by atoms with Gasteiger partial charge in [0.25, 0.3) is 5.91 Å². The number of nitrogens with one attached hydrogen (secondary N) is 3. The van der Waals surface area contributed by atoms with Crippen LogP contribution >= 0.6 is 0 Å². The third kappa shape index (κ3) is 6.11. The molecule has 3 aromatic rings. The van der Waals surface area contributed by atoms with Gasteiger partial charge in [-0.05, 0) is 55.0 Å². The molecule has 1 aliphatic rings. The first-order valence-electron chi connectivity index (χ1n) is 11.1. The van der Waals surface area contributed by atoms with Crippen molar-refractivity contribution in [3.05, 3.63) is 89.2 Å². The highest BCUT2D eigenvalue weighted by Crippen LogP contribution is 2.28. The summed E-state index contributed by atoms with van der Waals surface area (Å²) in [6.07, 6.45) is 0. The van der Waals surface area contributed by atoms with E-state index in [-0.39, 0.29) is 11.7 Å². The van der Waals surface area contributed by atoms with Gasteiger partial charge in [0.05, 0.1) is 24.6 Å². The number of aryl methyl sites for hydroxylation is 1. The maximum Gasteiger partial charge on any atom is 0.323 e. The number of benzene rings is 3. The van der Waals surface area contributed by atoms with E-state index in [1.54, 1.807) is 12.1 Å². The van der Waals surface area contributed by atoms with E-state index in [0.717, 1.165) is 16.8 Å². The maximum absolute atomic E-state index is 13.2. The van der Waals surface area contributed by atoms with Gasteiger partial charge in [-0.15, -0.1) is 0 Å². The summed E-state index contributed by atoms with van der Waals surface area (Å²) in [6.45, 7) is 4.93. The van der Waals surface area contributed by atoms with E-state index >= 15 is 0 Å². The summed E-state index contributed by atoms with van der Waals surface area (Å²) in [7, 11) is 0. The van der Waals surface area contributed by atoms with Crippen molar-refractivity contribution >= 4 is 29.0 Å². The van der Waals surface area contributed by atoms with E-state index in [2.05, 4.69) is 20.9 Å². The van der Waals surface area contributed by atoms with E-state index in [0.29, 0.717) is 49.8 Å². The van der Waals surface area contributed by atoms with Gasteiger partial charge >= 0.3 is 6.03 Å². The minimum absolute atomic E-state index is 0.240. The van der Waals surface area contributed by atoms with Gasteiger partial charge in [0.2, 0.25) is 0 Å². The fourth-order valence-corrected chi connectivity index (χ4v) is 3.67. The van der Waals surface area contributed by atoms with Gasteiger partial charge in [-0.2, -0.15) is 0 Å². The van der Waals surface area contributed by atoms with Crippen molar-refractivity contribution in [2.75, 3.05) is 41.8 Å². The molecule has 0 aliphatic carbocycles. The van der Waals surface area contributed by atoms with Gasteiger partial charge in [-0.25, -0.2) is 9.18 Å². The molecule has 0 atom stereocenters. The van der Waals surface area contributed by atoms with Crippen molar-refractivity contribution in [1.82, 2.24) is 5.32 Å². The smallest absolute Gasteiger partial charge is 0.323 e. The Balaban J connectivity index is 1.50. The Morgan fingerprint density at radius 1 is 0.941 bits per heavy atom. The van der Waals surface area contributed by atoms with Crippen molar-refractivity contribution in [2.24, 2.45) is 0 Å². The van der Waals surface area contributed by atoms with E-state index in [1.807, 2.05) is 37.3 Å². The molecule has 0 aromatic heterocycles. The number of rotatable bonds is 6. The van der Waals surface area contributed by atoms with E-state index in [1.165, 1.54) is 24.3 Å². The van der Waals surface area contributed by atoms with Gasteiger partial charge in [0.1, 0.15) is 5.82 Å². The van der Waals surface area contributed by atoms with Crippen LogP contribution in [-0.2, 0) is 11.3 Å². The highest BCUT2D eigenvalue weighted by Gasteiger charge is 2.18. The Morgan fingerprint density at radius 2 is 1.65 bits per heavy atom. The number of carbonyl (C=O) groups excluding carboxylic acids is 2. The minimum Gasteiger partial charge on any atom is -0.378 e. The molecule has 0 bridgehead atoms. The highest BCUT2D eigenvalue weighted by atomic mass is 19.1. The van der Waals surface area contributed by atoms with Gasteiger partial charge in [0, 0.05) is 30.9 Å². The number of urea groups is 1. The maximum atomic E-state index is 13.2. The molecular weight excluding hydrogens is 435 g/mol. The van der Waals surface area contributed by atoms with Crippen LogP contribution in [0.25, 0.3) is 0 Å². The summed E-state index contributed by atoms with van der Waals surface area (Å²) in [4.78, 5) is 27.6. The number of hydrogen-bond donors (Lipinski definition) is 3. The SMILES string of the molecule is Cc1ccc(CNC(=O)c2ccc(N3CCOCC3)c(NC(=O)Nc3ccc(F)cc3)c2)cc1. The first-order chi connectivity index (χ1) is 16.5. The monoisotopic (exact) mass is 462 g/mol. The quantitative estimate of drug-likeness (QED) is 0.502. The van der Waals surface area contributed by atoms with Crippen molar-refractivity contribution < 1.29 is 18.7 Å². The van der Waals surface area contributed by atoms with Crippen LogP contribution in [0.4, 0.5) is 26.2 Å². The summed E-state index contributed by atoms with van der Waals surface area (Å²) in [6, 6.07) is 18.2. The van der Waals surface area contributed by atoms with Crippen LogP contribution in [0.2, 0.25) is 0 Å². The van der Waals surface area contributed by atoms with Crippen molar-refractivity contribution in [2.45, 2.75) is 13.5 Å². The molecule has 1 fully saturated rings. The lowest BCUT2D eigenvalue weighted by Crippen LogP contribution is -2.37. The summed E-state index contributed by atoms with van der Waals surface area (Å²) in [5, 5.41) is 8.45. The second-order valence-corrected chi connectivity index (χ2v) is 8.09. The molecule has 3 aromatic carbocycles. The van der Waals surface area contributed by atoms with Crippen molar-refractivity contribution in [1.29, 1.82) is 0 Å². The Labute approximate surface area is 197 Å². The van der Waals surface area contributed by atoms with Gasteiger partial charge in [-0.1, -0.05) is 29.8 Å². The van der Waals surface area contributed by atoms with Crippen LogP contribution in [0.15, 0.2) is 66.7 Å². The lowest BCUT2D eigenvalue weighted by Gasteiger charge is -2.30. The Morgan fingerprint density at radius 3 is 2.35 bits per heavy atom. The summed E-state index contributed by atoms with van der Waals surface area (Å²) in [5.41, 5.74) is 4.35. The number of amides is 3. The number of hydrogen-bond acceptors (Lipinski definition) is 4. The van der Waals surface area contributed by atoms with Gasteiger partial charge in [-0.3, -0.25) is 4.79 Å². The molecule has 0 spiro atoms. The third-order valence-corrected chi connectivity index (χ3v) is 5.53. The molecule has 0 saturated carbocycles. The van der Waals surface area contributed by atoms with Crippen molar-refractivity contribution in [3.8, 4) is 0 Å². The first-order valence-corrected chi connectivity index (χ1v) is 11.1. The van der Waals surface area contributed by atoms with E-state index < -0.39 is 6.03 Å². The zero-order chi connectivity index (χ0) is 23.9. The average molecular weight is 463 g/mol. The highest BCUT2D eigenvalue weighted by molar-refractivity contribution is 6.04. The number of carbonyl (C=O) groups is 2. The third-order valence-electron chi connectivity index (χ3n) is 5.53. The fraction of sp³-hybridized carbons (Fsp3) is 0.231. The Bertz CT molecular complexity index is 1140. The minimum atomic E-state index is -0.488. The molecule has 0 unspecified atom stereocenters. The molecular formula is C26H27FN4O3. The summed E-state index contributed by atoms with van der Waals surface area (Å²) in [5.74, 6) is -0.624. The van der Waals surface area contributed by atoms with Crippen LogP contribution in [0.5, 0.6) is 0 Å². The molecule has 3 N–H and O–H groups in total. The average Bonchev–Trinajstić information content (AvgIpc) is 2.85. The predicted octanol–water partition coefficient (Wildman–Crippen LogP) is 4.54. The number of halogens is 1. The molecule has 1 heterocycles. The zero-order valence-corrected chi connectivity index (χ0v) is 18.9. The Hall–Kier alpha value is -3.91. The molecule has 1 saturated heterocycles. The Kier molecular flexibility index (Phi) is 7.39. The van der Waals surface area contributed by atoms with Gasteiger partial charge < -0.3 is 25.6 Å². The van der Waals surface area contributed by atoms with Crippen LogP contribution in [0.1, 0.15) is 21.5 Å². The fourth-order valence-electron chi connectivity index (χ4n) is 3.67. The molecule has 3 amide bonds. The van der Waals surface area contributed by atoms with E-state index in [9.17, 15) is 14.0 Å². The first kappa shape index (κ1) is 23.3.